The number of fused-ring (bicyclic) bond motifs is 1. The van der Waals surface area contributed by atoms with Crippen molar-refractivity contribution in [3.05, 3.63) is 110 Å². The molecule has 0 amide bonds. The summed E-state index contributed by atoms with van der Waals surface area (Å²) in [7, 11) is 0. The Morgan fingerprint density at radius 3 is 2.53 bits per heavy atom. The quantitative estimate of drug-likeness (QED) is 0.167. The molecule has 0 saturated heterocycles. The lowest BCUT2D eigenvalue weighted by Crippen LogP contribution is -2.13. The van der Waals surface area contributed by atoms with Crippen LogP contribution in [0.15, 0.2) is 67.0 Å². The Morgan fingerprint density at radius 1 is 1.03 bits per heavy atom. The molecule has 0 radical (unpaired) electrons. The first-order valence-corrected chi connectivity index (χ1v) is 9.97. The van der Waals surface area contributed by atoms with Crippen LogP contribution < -0.4 is 0 Å². The van der Waals surface area contributed by atoms with E-state index in [-0.39, 0.29) is 28.3 Å². The van der Waals surface area contributed by atoms with Crippen LogP contribution in [0.1, 0.15) is 32.0 Å². The monoisotopic (exact) mass is 469 g/mol. The van der Waals surface area contributed by atoms with E-state index < -0.39 is 22.4 Å². The zero-order chi connectivity index (χ0) is 22.8. The Bertz CT molecular complexity index is 1380. The molecule has 0 spiro atoms. The fraction of sp³-hybridized carbons (Fsp3) is 0.0455. The van der Waals surface area contributed by atoms with Crippen molar-refractivity contribution in [2.75, 3.05) is 0 Å². The number of nitro groups is 1. The molecule has 0 aliphatic carbocycles. The second-order valence-corrected chi connectivity index (χ2v) is 7.56. The highest BCUT2D eigenvalue weighted by molar-refractivity contribution is 6.33. The highest BCUT2D eigenvalue weighted by atomic mass is 35.5. The molecule has 160 valence electrons. The van der Waals surface area contributed by atoms with Gasteiger partial charge in [0.2, 0.25) is 0 Å². The summed E-state index contributed by atoms with van der Waals surface area (Å²) in [5.41, 5.74) is 0.846. The number of imidazole rings is 1. The lowest BCUT2D eigenvalue weighted by molar-refractivity contribution is -0.384. The van der Waals surface area contributed by atoms with Crippen molar-refractivity contribution >= 4 is 46.3 Å². The molecule has 0 aliphatic rings. The van der Waals surface area contributed by atoms with E-state index in [4.69, 9.17) is 27.9 Å². The molecule has 0 aliphatic heterocycles. The van der Waals surface area contributed by atoms with Crippen molar-refractivity contribution in [2.45, 2.75) is 6.61 Å². The van der Waals surface area contributed by atoms with Crippen LogP contribution in [0.4, 0.5) is 5.69 Å². The largest absolute Gasteiger partial charge is 0.455 e. The van der Waals surface area contributed by atoms with Crippen LogP contribution in [-0.2, 0) is 11.3 Å². The highest BCUT2D eigenvalue weighted by Gasteiger charge is 2.22. The molecule has 0 atom stereocenters. The minimum absolute atomic E-state index is 0.0265. The molecule has 4 rings (SSSR count). The van der Waals surface area contributed by atoms with Crippen molar-refractivity contribution in [1.82, 2.24) is 9.38 Å². The van der Waals surface area contributed by atoms with Gasteiger partial charge in [0.05, 0.1) is 21.2 Å². The van der Waals surface area contributed by atoms with E-state index in [1.54, 1.807) is 41.1 Å². The van der Waals surface area contributed by atoms with Gasteiger partial charge in [-0.1, -0.05) is 41.4 Å². The van der Waals surface area contributed by atoms with E-state index >= 15 is 0 Å². The topological polar surface area (TPSA) is 104 Å². The first kappa shape index (κ1) is 21.5. The number of rotatable bonds is 6. The van der Waals surface area contributed by atoms with E-state index in [0.717, 1.165) is 6.07 Å². The Hall–Kier alpha value is -3.75. The van der Waals surface area contributed by atoms with Gasteiger partial charge >= 0.3 is 5.97 Å². The third-order valence-corrected chi connectivity index (χ3v) is 5.16. The van der Waals surface area contributed by atoms with Gasteiger partial charge in [-0.15, -0.1) is 0 Å². The highest BCUT2D eigenvalue weighted by Crippen LogP contribution is 2.27. The molecular formula is C22H13Cl2N3O5. The predicted molar refractivity (Wildman–Crippen MR) is 117 cm³/mol. The summed E-state index contributed by atoms with van der Waals surface area (Å²) >= 11 is 11.8. The molecule has 0 N–H and O–H groups in total. The Morgan fingerprint density at radius 2 is 1.78 bits per heavy atom. The van der Waals surface area contributed by atoms with E-state index in [1.807, 2.05) is 0 Å². The number of nitro benzene ring substituents is 1. The Labute approximate surface area is 191 Å². The molecule has 4 aromatic rings. The van der Waals surface area contributed by atoms with Crippen LogP contribution in [0.25, 0.3) is 5.65 Å². The minimum atomic E-state index is -0.729. The number of benzene rings is 2. The summed E-state index contributed by atoms with van der Waals surface area (Å²) in [5.74, 6) is -1.30. The summed E-state index contributed by atoms with van der Waals surface area (Å²) in [6, 6.07) is 13.2. The minimum Gasteiger partial charge on any atom is -0.455 e. The van der Waals surface area contributed by atoms with Crippen LogP contribution in [0.2, 0.25) is 10.0 Å². The number of ether oxygens (including phenoxy) is 1. The van der Waals surface area contributed by atoms with Gasteiger partial charge in [0.1, 0.15) is 17.3 Å². The number of esters is 1. The van der Waals surface area contributed by atoms with Crippen molar-refractivity contribution in [3.63, 3.8) is 0 Å². The molecule has 32 heavy (non-hydrogen) atoms. The van der Waals surface area contributed by atoms with Gasteiger partial charge in [0.25, 0.3) is 5.69 Å². The maximum absolute atomic E-state index is 13.0. The van der Waals surface area contributed by atoms with Crippen LogP contribution in [0, 0.1) is 10.1 Å². The number of aromatic nitrogens is 2. The molecule has 10 heteroatoms. The summed E-state index contributed by atoms with van der Waals surface area (Å²) in [6.07, 6.45) is 3.35. The van der Waals surface area contributed by atoms with E-state index in [1.165, 1.54) is 24.3 Å². The average Bonchev–Trinajstić information content (AvgIpc) is 3.19. The Balaban J connectivity index is 1.57. The van der Waals surface area contributed by atoms with Crippen LogP contribution in [0.5, 0.6) is 0 Å². The number of halogens is 2. The molecule has 0 bridgehead atoms. The van der Waals surface area contributed by atoms with Crippen molar-refractivity contribution < 1.29 is 19.2 Å². The van der Waals surface area contributed by atoms with Crippen molar-refractivity contribution in [2.24, 2.45) is 0 Å². The second kappa shape index (κ2) is 8.78. The molecule has 2 aromatic heterocycles. The first-order chi connectivity index (χ1) is 15.3. The van der Waals surface area contributed by atoms with E-state index in [2.05, 4.69) is 4.98 Å². The van der Waals surface area contributed by atoms with Crippen LogP contribution in [-0.4, -0.2) is 26.1 Å². The third kappa shape index (κ3) is 4.32. The number of pyridine rings is 1. The van der Waals surface area contributed by atoms with Gasteiger partial charge in [0.15, 0.2) is 5.78 Å². The Kier molecular flexibility index (Phi) is 5.89. The summed E-state index contributed by atoms with van der Waals surface area (Å²) in [5, 5.41) is 11.6. The standard InChI is InChI=1S/C22H13Cl2N3O5/c23-14-6-8-20-25-15(11-26(20)10-14)12-32-22(29)17-4-2-1-3-16(17)21(28)13-5-7-18(24)19(9-13)27(30)31/h1-11H,12H2. The molecular weight excluding hydrogens is 457 g/mol. The number of ketones is 1. The molecule has 0 unspecified atom stereocenters. The van der Waals surface area contributed by atoms with Crippen LogP contribution in [0.3, 0.4) is 0 Å². The zero-order valence-electron chi connectivity index (χ0n) is 16.2. The average molecular weight is 470 g/mol. The van der Waals surface area contributed by atoms with Gasteiger partial charge in [-0.05, 0) is 30.3 Å². The summed E-state index contributed by atoms with van der Waals surface area (Å²) in [4.78, 5) is 40.5. The first-order valence-electron chi connectivity index (χ1n) is 9.21. The van der Waals surface area contributed by atoms with Crippen molar-refractivity contribution in [3.8, 4) is 0 Å². The fourth-order valence-corrected chi connectivity index (χ4v) is 3.47. The van der Waals surface area contributed by atoms with Crippen molar-refractivity contribution in [1.29, 1.82) is 0 Å². The molecule has 0 fully saturated rings. The molecule has 2 aromatic carbocycles. The lowest BCUT2D eigenvalue weighted by Gasteiger charge is -2.09. The smallest absolute Gasteiger partial charge is 0.339 e. The molecule has 8 nitrogen and oxygen atoms in total. The third-order valence-electron chi connectivity index (χ3n) is 4.61. The lowest BCUT2D eigenvalue weighted by atomic mass is 9.98. The predicted octanol–water partition coefficient (Wildman–Crippen LogP) is 5.14. The second-order valence-electron chi connectivity index (χ2n) is 6.72. The number of hydrogen-bond acceptors (Lipinski definition) is 6. The maximum Gasteiger partial charge on any atom is 0.339 e. The van der Waals surface area contributed by atoms with Gasteiger partial charge in [0, 0.05) is 29.6 Å². The summed E-state index contributed by atoms with van der Waals surface area (Å²) < 4.78 is 7.06. The number of nitrogens with zero attached hydrogens (tertiary/aromatic N) is 3. The number of carbonyl (C=O) groups excluding carboxylic acids is 2. The van der Waals surface area contributed by atoms with Gasteiger partial charge in [-0.25, -0.2) is 9.78 Å². The molecule has 2 heterocycles. The van der Waals surface area contributed by atoms with Crippen LogP contribution >= 0.6 is 23.2 Å². The number of carbonyl (C=O) groups is 2. The zero-order valence-corrected chi connectivity index (χ0v) is 17.7. The van der Waals surface area contributed by atoms with Gasteiger partial charge in [-0.3, -0.25) is 14.9 Å². The van der Waals surface area contributed by atoms with E-state index in [9.17, 15) is 19.7 Å². The van der Waals surface area contributed by atoms with E-state index in [0.29, 0.717) is 16.4 Å². The maximum atomic E-state index is 13.0. The fourth-order valence-electron chi connectivity index (χ4n) is 3.11. The van der Waals surface area contributed by atoms with Gasteiger partial charge in [-0.2, -0.15) is 0 Å². The normalized spacial score (nSPS) is 10.8. The summed E-state index contributed by atoms with van der Waals surface area (Å²) in [6.45, 7) is -0.118. The SMILES string of the molecule is O=C(OCc1cn2cc(Cl)ccc2n1)c1ccccc1C(=O)c1ccc(Cl)c([N+](=O)[O-])c1. The van der Waals surface area contributed by atoms with Gasteiger partial charge < -0.3 is 9.14 Å². The number of hydrogen-bond donors (Lipinski definition) is 0. The molecule has 0 saturated carbocycles.